The zero-order valence-electron chi connectivity index (χ0n) is 34.6. The summed E-state index contributed by atoms with van der Waals surface area (Å²) in [6.45, 7) is 1.64. The van der Waals surface area contributed by atoms with Crippen LogP contribution >= 0.6 is 38.6 Å². The maximum atomic E-state index is 15.7. The van der Waals surface area contributed by atoms with Crippen molar-refractivity contribution in [3.05, 3.63) is 181 Å². The molecule has 0 amide bonds. The van der Waals surface area contributed by atoms with Gasteiger partial charge in [0.1, 0.15) is 24.0 Å². The number of aromatic amines is 2. The number of benzene rings is 3. The lowest BCUT2D eigenvalue weighted by Gasteiger charge is -2.31. The zero-order chi connectivity index (χ0) is 47.2. The van der Waals surface area contributed by atoms with Gasteiger partial charge in [0.25, 0.3) is 11.1 Å². The Hall–Kier alpha value is -5.92. The number of phosphoric ester groups is 1. The number of rotatable bonds is 18. The average Bonchev–Trinajstić information content (AvgIpc) is 3.89. The van der Waals surface area contributed by atoms with Gasteiger partial charge in [-0.1, -0.05) is 63.8 Å². The first-order chi connectivity index (χ1) is 31.6. The number of nitrogens with one attached hydrogen (secondary N) is 2. The van der Waals surface area contributed by atoms with Gasteiger partial charge in [-0.15, -0.1) is 0 Å². The molecule has 0 spiro atoms. The van der Waals surface area contributed by atoms with Crippen molar-refractivity contribution in [1.29, 1.82) is 0 Å². The van der Waals surface area contributed by atoms with Crippen LogP contribution in [0.2, 0.25) is 10.0 Å². The molecule has 2 fully saturated rings. The summed E-state index contributed by atoms with van der Waals surface area (Å²) in [5.74, 6) is -2.12. The minimum Gasteiger partial charge on any atom is -0.422 e. The Labute approximate surface area is 382 Å². The molecule has 66 heavy (non-hydrogen) atoms. The molecule has 3 unspecified atom stereocenters. The summed E-state index contributed by atoms with van der Waals surface area (Å²) in [7, 11) is -10.1. The van der Waals surface area contributed by atoms with Crippen LogP contribution in [0.4, 0.5) is 0 Å². The number of nitrogens with zero attached hydrogens (tertiary/aromatic N) is 8. The van der Waals surface area contributed by atoms with E-state index in [9.17, 15) is 30.2 Å². The fourth-order valence-corrected chi connectivity index (χ4v) is 10.8. The number of hydrogen-bond acceptors (Lipinski definition) is 15. The minimum atomic E-state index is -5.13. The molecule has 2 N–H and O–H groups in total. The third kappa shape index (κ3) is 11.4. The Kier molecular flexibility index (Phi) is 15.1. The van der Waals surface area contributed by atoms with E-state index in [0.29, 0.717) is 10.0 Å². The smallest absolute Gasteiger partial charge is 0.422 e. The van der Waals surface area contributed by atoms with Crippen molar-refractivity contribution in [1.82, 2.24) is 19.1 Å². The molecule has 0 aliphatic carbocycles. The highest BCUT2D eigenvalue weighted by molar-refractivity contribution is 7.56. The number of aryl methyl sites for hydroxylation is 2. The van der Waals surface area contributed by atoms with Crippen molar-refractivity contribution in [2.24, 2.45) is 10.2 Å². The quantitative estimate of drug-likeness (QED) is 0.0363. The maximum absolute atomic E-state index is 15.7. The normalized spacial score (nSPS) is 22.5. The van der Waals surface area contributed by atoms with Crippen LogP contribution < -0.4 is 31.5 Å². The van der Waals surface area contributed by atoms with Gasteiger partial charge in [-0.3, -0.25) is 42.3 Å². The molecule has 23 nitrogen and oxygen atoms in total. The molecule has 0 radical (unpaired) electrons. The molecule has 7 rings (SSSR count). The fraction of sp³-hybridized carbons (Fsp3) is 0.333. The Balaban J connectivity index is 1.25. The molecular weight excluding hydrogens is 949 g/mol. The van der Waals surface area contributed by atoms with Crippen LogP contribution in [0.1, 0.15) is 47.8 Å². The van der Waals surface area contributed by atoms with E-state index in [4.69, 9.17) is 55.3 Å². The summed E-state index contributed by atoms with van der Waals surface area (Å²) in [5, 5.41) is 8.21. The predicted molar refractivity (Wildman–Crippen MR) is 237 cm³/mol. The Morgan fingerprint density at radius 3 is 1.64 bits per heavy atom. The van der Waals surface area contributed by atoms with Gasteiger partial charge in [0.15, 0.2) is 0 Å². The first kappa shape index (κ1) is 48.0. The maximum Gasteiger partial charge on any atom is 0.531 e. The van der Waals surface area contributed by atoms with E-state index < -0.39 is 93.7 Å². The number of hydrogen-bond donors (Lipinski definition) is 2. The molecule has 27 heteroatoms. The minimum absolute atomic E-state index is 0.0518. The number of H-pyrrole nitrogens is 2. The van der Waals surface area contributed by atoms with Crippen LogP contribution in [0.5, 0.6) is 11.5 Å². The van der Waals surface area contributed by atoms with Gasteiger partial charge >= 0.3 is 26.8 Å². The monoisotopic (exact) mass is 986 g/mol. The van der Waals surface area contributed by atoms with Gasteiger partial charge in [0.05, 0.1) is 37.5 Å². The van der Waals surface area contributed by atoms with Gasteiger partial charge < -0.3 is 18.5 Å². The van der Waals surface area contributed by atoms with Gasteiger partial charge in [-0.05, 0) is 79.0 Å². The summed E-state index contributed by atoms with van der Waals surface area (Å²) in [6.07, 6.45) is -2.14. The van der Waals surface area contributed by atoms with Crippen molar-refractivity contribution in [3.8, 4) is 11.5 Å². The van der Waals surface area contributed by atoms with Gasteiger partial charge in [-0.25, -0.2) is 18.7 Å². The predicted octanol–water partition coefficient (Wildman–Crippen LogP) is 8.15. The summed E-state index contributed by atoms with van der Waals surface area (Å²) >= 11 is 12.3. The molecule has 2 aliphatic heterocycles. The Bertz CT molecular complexity index is 3000. The molecule has 5 aromatic rings. The lowest BCUT2D eigenvalue weighted by atomic mass is 10.1. The number of azide groups is 2. The van der Waals surface area contributed by atoms with Crippen LogP contribution in [0.15, 0.2) is 121 Å². The van der Waals surface area contributed by atoms with Gasteiger partial charge in [-0.2, -0.15) is 0 Å². The lowest BCUT2D eigenvalue weighted by molar-refractivity contribution is -0.0303. The van der Waals surface area contributed by atoms with E-state index >= 15 is 9.13 Å². The highest BCUT2D eigenvalue weighted by Gasteiger charge is 2.49. The zero-order valence-corrected chi connectivity index (χ0v) is 37.9. The molecule has 9 atom stereocenters. The standard InChI is InChI=1S/C39H38Cl2N10O13P2/c1-22-18-50(38(54)44-35(22)52)33-16-29(46-48-42)31(60-33)20-58-65(56,62-27-12-8-25(40)9-13-27)37(24-6-4-3-5-7-24)64-66(57,63-28-14-10-26(41)11-15-28)59-21-32-30(47-49-43)17-34(61-32)51-19-23(2)36(53)45-39(51)55/h3-15,18-19,29-34,37H,16-17,20-21H2,1-2H3,(H,44,52,54)(H,45,53,55)/t29-,30-,31+,32+,33+,34+,37?,65?,66?/m0/s1. The third-order valence-electron chi connectivity index (χ3n) is 10.2. The second-order valence-corrected chi connectivity index (χ2v) is 19.2. The highest BCUT2D eigenvalue weighted by atomic mass is 35.5. The van der Waals surface area contributed by atoms with E-state index in [-0.39, 0.29) is 41.0 Å². The van der Waals surface area contributed by atoms with E-state index in [1.807, 2.05) is 0 Å². The third-order valence-corrected chi connectivity index (χ3v) is 14.2. The van der Waals surface area contributed by atoms with Crippen molar-refractivity contribution < 1.29 is 41.2 Å². The molecule has 3 aromatic carbocycles. The van der Waals surface area contributed by atoms with Crippen LogP contribution in [-0.4, -0.2) is 56.6 Å². The second kappa shape index (κ2) is 20.7. The number of phosphoric acid groups is 1. The average molecular weight is 988 g/mol. The van der Waals surface area contributed by atoms with Crippen molar-refractivity contribution in [2.45, 2.75) is 69.3 Å². The number of ether oxygens (including phenoxy) is 2. The highest BCUT2D eigenvalue weighted by Crippen LogP contribution is 2.67. The second-order valence-electron chi connectivity index (χ2n) is 14.8. The van der Waals surface area contributed by atoms with Crippen molar-refractivity contribution >= 4 is 38.6 Å². The number of aromatic nitrogens is 4. The van der Waals surface area contributed by atoms with Crippen molar-refractivity contribution in [3.63, 3.8) is 0 Å². The van der Waals surface area contributed by atoms with E-state index in [2.05, 4.69) is 30.0 Å². The summed E-state index contributed by atoms with van der Waals surface area (Å²) in [4.78, 5) is 60.0. The van der Waals surface area contributed by atoms with E-state index in [1.54, 1.807) is 18.2 Å². The first-order valence-corrected chi connectivity index (χ1v) is 23.6. The van der Waals surface area contributed by atoms with Crippen LogP contribution in [0.25, 0.3) is 20.9 Å². The van der Waals surface area contributed by atoms with Gasteiger partial charge in [0, 0.05) is 56.2 Å². The topological polar surface area (TPSA) is 306 Å². The number of halogens is 2. The molecule has 0 saturated carbocycles. The van der Waals surface area contributed by atoms with Crippen LogP contribution in [0, 0.1) is 13.8 Å². The molecule has 0 bridgehead atoms. The molecule has 2 aliphatic rings. The van der Waals surface area contributed by atoms with Crippen LogP contribution in [0.3, 0.4) is 0 Å². The molecule has 2 saturated heterocycles. The summed E-state index contributed by atoms with van der Waals surface area (Å²) < 4.78 is 75.8. The Morgan fingerprint density at radius 1 is 0.712 bits per heavy atom. The van der Waals surface area contributed by atoms with E-state index in [1.165, 1.54) is 86.9 Å². The summed E-state index contributed by atoms with van der Waals surface area (Å²) in [6, 6.07) is 16.9. The van der Waals surface area contributed by atoms with Gasteiger partial charge in [0.2, 0.25) is 5.85 Å². The summed E-state index contributed by atoms with van der Waals surface area (Å²) in [5.41, 5.74) is 16.6. The first-order valence-electron chi connectivity index (χ1n) is 19.7. The van der Waals surface area contributed by atoms with E-state index in [0.717, 1.165) is 9.13 Å². The van der Waals surface area contributed by atoms with Crippen LogP contribution in [-0.2, 0) is 32.2 Å². The molecular formula is C39H38Cl2N10O13P2. The SMILES string of the molecule is Cc1cn([C@H]2C[C@H](N=[N+]=[N-])[C@@H](COP(=O)(Oc3ccc(Cl)cc3)OC(c3ccccc3)P(=O)(OC[C@H]3O[C@@H](n4cc(C)c(=O)[nH]c4=O)C[C@@H]3N=[N+]=[N-])Oc3ccc(Cl)cc3)O2)c(=O)[nH]c1=O. The molecule has 346 valence electrons. The molecule has 4 heterocycles. The van der Waals surface area contributed by atoms with Crippen molar-refractivity contribution in [2.75, 3.05) is 13.2 Å². The Morgan fingerprint density at radius 2 is 1.17 bits per heavy atom. The largest absolute Gasteiger partial charge is 0.531 e. The molecule has 2 aromatic heterocycles. The fourth-order valence-electron chi connectivity index (χ4n) is 6.92. The lowest BCUT2D eigenvalue weighted by Crippen LogP contribution is -2.33.